The van der Waals surface area contributed by atoms with Crippen LogP contribution >= 0.6 is 0 Å². The second-order valence-electron chi connectivity index (χ2n) is 8.07. The topological polar surface area (TPSA) is 95.4 Å². The maximum absolute atomic E-state index is 12.9. The number of ether oxygens (including phenoxy) is 2. The summed E-state index contributed by atoms with van der Waals surface area (Å²) in [5.41, 5.74) is -1.66. The maximum Gasteiger partial charge on any atom is 0.433 e. The molecule has 2 rings (SSSR count). The second kappa shape index (κ2) is 9.36. The highest BCUT2D eigenvalue weighted by Crippen LogP contribution is 2.32. The molecule has 2 N–H and O–H groups in total. The van der Waals surface area contributed by atoms with Crippen molar-refractivity contribution in [3.8, 4) is 5.88 Å². The fourth-order valence-electron chi connectivity index (χ4n) is 3.15. The van der Waals surface area contributed by atoms with Crippen LogP contribution in [0.25, 0.3) is 0 Å². The van der Waals surface area contributed by atoms with Gasteiger partial charge in [-0.25, -0.2) is 9.78 Å². The lowest BCUT2D eigenvalue weighted by Gasteiger charge is -2.41. The van der Waals surface area contributed by atoms with Gasteiger partial charge in [0, 0.05) is 31.7 Å². The van der Waals surface area contributed by atoms with Crippen LogP contribution in [-0.2, 0) is 10.9 Å². The van der Waals surface area contributed by atoms with Crippen LogP contribution in [0.5, 0.6) is 5.88 Å². The Balaban J connectivity index is 2.08. The predicted octanol–water partition coefficient (Wildman–Crippen LogP) is 2.06. The van der Waals surface area contributed by atoms with Crippen molar-refractivity contribution in [2.24, 2.45) is 0 Å². The fourth-order valence-corrected chi connectivity index (χ4v) is 3.15. The zero-order chi connectivity index (χ0) is 22.7. The molecule has 0 saturated carbocycles. The summed E-state index contributed by atoms with van der Waals surface area (Å²) >= 11 is 0. The first-order valence-corrected chi connectivity index (χ1v) is 9.48. The first kappa shape index (κ1) is 24.2. The number of aliphatic hydroxyl groups is 2. The Hall–Kier alpha value is -2.11. The molecule has 1 fully saturated rings. The quantitative estimate of drug-likeness (QED) is 0.731. The molecule has 11 heteroatoms. The number of carbonyl (C=O) groups is 1. The minimum atomic E-state index is -4.63. The summed E-state index contributed by atoms with van der Waals surface area (Å²) in [5, 5.41) is 20.3. The molecular formula is C19H28F3N3O5. The third kappa shape index (κ3) is 6.19. The highest BCUT2D eigenvalue weighted by molar-refractivity contribution is 5.68. The van der Waals surface area contributed by atoms with Gasteiger partial charge >= 0.3 is 12.3 Å². The third-order valence-electron chi connectivity index (χ3n) is 4.61. The van der Waals surface area contributed by atoms with E-state index in [9.17, 15) is 28.2 Å². The molecule has 0 bridgehead atoms. The van der Waals surface area contributed by atoms with E-state index in [1.54, 1.807) is 25.7 Å². The van der Waals surface area contributed by atoms with Crippen LogP contribution in [0.4, 0.5) is 18.0 Å². The van der Waals surface area contributed by atoms with Crippen LogP contribution in [0.2, 0.25) is 0 Å². The van der Waals surface area contributed by atoms with Crippen molar-refractivity contribution >= 4 is 6.09 Å². The average molecular weight is 435 g/mol. The summed E-state index contributed by atoms with van der Waals surface area (Å²) in [4.78, 5) is 18.9. The zero-order valence-electron chi connectivity index (χ0n) is 17.4. The van der Waals surface area contributed by atoms with Gasteiger partial charge in [0.1, 0.15) is 11.3 Å². The summed E-state index contributed by atoms with van der Waals surface area (Å²) in [6.45, 7) is 5.88. The number of nitrogens with zero attached hydrogens (tertiary/aromatic N) is 3. The van der Waals surface area contributed by atoms with Gasteiger partial charge in [-0.15, -0.1) is 0 Å². The van der Waals surface area contributed by atoms with E-state index in [1.807, 2.05) is 0 Å². The van der Waals surface area contributed by atoms with Gasteiger partial charge in [0.05, 0.1) is 25.9 Å². The second-order valence-corrected chi connectivity index (χ2v) is 8.07. The molecule has 1 aliphatic heterocycles. The number of pyridine rings is 1. The van der Waals surface area contributed by atoms with Crippen molar-refractivity contribution in [3.63, 3.8) is 0 Å². The number of halogens is 3. The standard InChI is InChI=1S/C19H28F3N3O5/c1-18(2,3)30-17(28)25-8-7-24(12(9-25)11-26)10-14(27)13-5-6-15(19(20,21)22)23-16(13)29-4/h5-6,12,14,26-27H,7-11H2,1-4H3/t12-,14?/m0/s1. The molecule has 8 nitrogen and oxygen atoms in total. The number of aromatic nitrogens is 1. The van der Waals surface area contributed by atoms with Crippen LogP contribution in [0.3, 0.4) is 0 Å². The Kier molecular flexibility index (Phi) is 7.54. The van der Waals surface area contributed by atoms with Crippen LogP contribution in [-0.4, -0.2) is 82.6 Å². The van der Waals surface area contributed by atoms with Crippen molar-refractivity contribution in [1.82, 2.24) is 14.8 Å². The summed E-state index contributed by atoms with van der Waals surface area (Å²) in [6, 6.07) is 1.45. The van der Waals surface area contributed by atoms with E-state index in [0.29, 0.717) is 13.1 Å². The minimum absolute atomic E-state index is 0.0246. The molecule has 0 aromatic carbocycles. The average Bonchev–Trinajstić information content (AvgIpc) is 2.65. The fraction of sp³-hybridized carbons (Fsp3) is 0.684. The number of amides is 1. The normalized spacial score (nSPS) is 19.5. The Bertz CT molecular complexity index is 739. The molecule has 1 aliphatic rings. The van der Waals surface area contributed by atoms with Crippen molar-refractivity contribution in [2.45, 2.75) is 44.7 Å². The van der Waals surface area contributed by atoms with Crippen LogP contribution in [0.15, 0.2) is 12.1 Å². The molecular weight excluding hydrogens is 407 g/mol. The Morgan fingerprint density at radius 1 is 1.30 bits per heavy atom. The van der Waals surface area contributed by atoms with E-state index in [2.05, 4.69) is 4.98 Å². The molecule has 2 heterocycles. The molecule has 1 saturated heterocycles. The Morgan fingerprint density at radius 3 is 2.50 bits per heavy atom. The van der Waals surface area contributed by atoms with Crippen molar-refractivity contribution < 1.29 is 37.7 Å². The van der Waals surface area contributed by atoms with Crippen molar-refractivity contribution in [2.75, 3.05) is 39.9 Å². The number of rotatable bonds is 5. The number of β-amino-alcohol motifs (C(OH)–C–C–N with tert-alkyl or cyclic N) is 1. The van der Waals surface area contributed by atoms with Gasteiger partial charge < -0.3 is 24.6 Å². The molecule has 1 amide bonds. The van der Waals surface area contributed by atoms with Gasteiger partial charge in [-0.1, -0.05) is 0 Å². The van der Waals surface area contributed by atoms with E-state index in [-0.39, 0.29) is 31.1 Å². The van der Waals surface area contributed by atoms with Crippen LogP contribution in [0.1, 0.15) is 38.1 Å². The molecule has 170 valence electrons. The Labute approximate surface area is 173 Å². The monoisotopic (exact) mass is 435 g/mol. The highest BCUT2D eigenvalue weighted by atomic mass is 19.4. The van der Waals surface area contributed by atoms with E-state index in [0.717, 1.165) is 12.1 Å². The number of hydrogen-bond acceptors (Lipinski definition) is 7. The molecule has 0 aliphatic carbocycles. The number of carbonyl (C=O) groups excluding carboxylic acids is 1. The van der Waals surface area contributed by atoms with Crippen LogP contribution in [0, 0.1) is 0 Å². The smallest absolute Gasteiger partial charge is 0.433 e. The highest BCUT2D eigenvalue weighted by Gasteiger charge is 2.35. The predicted molar refractivity (Wildman–Crippen MR) is 101 cm³/mol. The molecule has 1 aromatic heterocycles. The number of methoxy groups -OCH3 is 1. The van der Waals surface area contributed by atoms with E-state index in [1.165, 1.54) is 12.0 Å². The summed E-state index contributed by atoms with van der Waals surface area (Å²) < 4.78 is 48.8. The van der Waals surface area contributed by atoms with E-state index >= 15 is 0 Å². The molecule has 2 atom stereocenters. The van der Waals surface area contributed by atoms with Gasteiger partial charge in [-0.2, -0.15) is 13.2 Å². The van der Waals surface area contributed by atoms with Gasteiger partial charge in [0.25, 0.3) is 0 Å². The summed E-state index contributed by atoms with van der Waals surface area (Å²) in [6.07, 6.45) is -6.32. The number of hydrogen-bond donors (Lipinski definition) is 2. The first-order chi connectivity index (χ1) is 13.9. The number of piperazine rings is 1. The summed E-state index contributed by atoms with van der Waals surface area (Å²) in [5.74, 6) is -0.315. The van der Waals surface area contributed by atoms with Gasteiger partial charge in [-0.3, -0.25) is 4.90 Å². The van der Waals surface area contributed by atoms with Crippen molar-refractivity contribution in [1.29, 1.82) is 0 Å². The lowest BCUT2D eigenvalue weighted by molar-refractivity contribution is -0.141. The molecule has 0 radical (unpaired) electrons. The largest absolute Gasteiger partial charge is 0.481 e. The SMILES string of the molecule is COc1nc(C(F)(F)F)ccc1C(O)CN1CCN(C(=O)OC(C)(C)C)C[C@H]1CO. The third-order valence-corrected chi connectivity index (χ3v) is 4.61. The lowest BCUT2D eigenvalue weighted by atomic mass is 10.1. The van der Waals surface area contributed by atoms with Crippen molar-refractivity contribution in [3.05, 3.63) is 23.4 Å². The molecule has 1 aromatic rings. The number of aliphatic hydroxyl groups excluding tert-OH is 2. The van der Waals surface area contributed by atoms with Crippen LogP contribution < -0.4 is 4.74 Å². The molecule has 0 spiro atoms. The van der Waals surface area contributed by atoms with Gasteiger partial charge in [0.2, 0.25) is 5.88 Å². The number of alkyl halides is 3. The van der Waals surface area contributed by atoms with E-state index in [4.69, 9.17) is 9.47 Å². The summed E-state index contributed by atoms with van der Waals surface area (Å²) in [7, 11) is 1.18. The Morgan fingerprint density at radius 2 is 1.97 bits per heavy atom. The minimum Gasteiger partial charge on any atom is -0.481 e. The molecule has 1 unspecified atom stereocenters. The van der Waals surface area contributed by atoms with E-state index < -0.39 is 35.7 Å². The lowest BCUT2D eigenvalue weighted by Crippen LogP contribution is -2.57. The first-order valence-electron chi connectivity index (χ1n) is 9.48. The maximum atomic E-state index is 12.9. The van der Waals surface area contributed by atoms with Gasteiger partial charge in [-0.05, 0) is 32.9 Å². The molecule has 30 heavy (non-hydrogen) atoms. The zero-order valence-corrected chi connectivity index (χ0v) is 17.4. The van der Waals surface area contributed by atoms with Gasteiger partial charge in [0.15, 0.2) is 0 Å².